The van der Waals surface area contributed by atoms with Gasteiger partial charge in [0.15, 0.2) is 0 Å². The molecule has 15 heavy (non-hydrogen) atoms. The molecule has 0 saturated heterocycles. The average molecular weight is 658 g/mol. The molecular weight excluding hydrogens is 648 g/mol. The molecule has 0 nitrogen and oxygen atoms in total. The van der Waals surface area contributed by atoms with Gasteiger partial charge in [0.1, 0.15) is 0 Å². The molecule has 0 aliphatic rings. The molecule has 0 amide bonds. The van der Waals surface area contributed by atoms with E-state index in [9.17, 15) is 0 Å². The summed E-state index contributed by atoms with van der Waals surface area (Å²) < 4.78 is 0. The van der Waals surface area contributed by atoms with Gasteiger partial charge in [-0.15, -0.1) is 0 Å². The van der Waals surface area contributed by atoms with Gasteiger partial charge in [-0.1, -0.05) is 0 Å². The first-order valence-corrected chi connectivity index (χ1v) is 17.4. The first-order chi connectivity index (χ1) is 7.00. The van der Waals surface area contributed by atoms with Gasteiger partial charge in [0.05, 0.1) is 0 Å². The second-order valence-electron chi connectivity index (χ2n) is 1.92. The van der Waals surface area contributed by atoms with Crippen molar-refractivity contribution >= 4 is 16.5 Å². The van der Waals surface area contributed by atoms with Crippen molar-refractivity contribution in [2.75, 3.05) is 0 Å². The Balaban J connectivity index is -0.000000138. The predicted octanol–water partition coefficient (Wildman–Crippen LogP) is 4.18. The second-order valence-corrected chi connectivity index (χ2v) is 1.92. The van der Waals surface area contributed by atoms with Crippen molar-refractivity contribution in [3.05, 3.63) is 60.7 Å². The van der Waals surface area contributed by atoms with E-state index in [0.29, 0.717) is 49.8 Å². The quantitative estimate of drug-likeness (QED) is 0.295. The Hall–Kier alpha value is 1.67. The maximum atomic E-state index is 4.83. The Kier molecular flexibility index (Phi) is 36.2. The Morgan fingerprint density at radius 3 is 0.867 bits per heavy atom. The number of hydrogen-bond donors (Lipinski definition) is 0. The van der Waals surface area contributed by atoms with Crippen LogP contribution in [0.1, 0.15) is 0 Å². The Labute approximate surface area is 142 Å². The van der Waals surface area contributed by atoms with Gasteiger partial charge in [0.2, 0.25) is 0 Å². The molecule has 0 fully saturated rings. The van der Waals surface area contributed by atoms with Crippen LogP contribution in [0.3, 0.4) is 0 Å². The smallest absolute Gasteiger partial charge is 0 e. The van der Waals surface area contributed by atoms with E-state index in [1.54, 1.807) is 0 Å². The van der Waals surface area contributed by atoms with Crippen molar-refractivity contribution < 1.29 is 66.8 Å². The molecule has 78 valence electrons. The van der Waals surface area contributed by atoms with Gasteiger partial charge in [0, 0.05) is 17.1 Å². The van der Waals surface area contributed by atoms with Gasteiger partial charge >= 0.3 is 66.3 Å². The fourth-order valence-corrected chi connectivity index (χ4v) is 0.642. The van der Waals surface area contributed by atoms with Crippen LogP contribution in [0.15, 0.2) is 60.7 Å². The fourth-order valence-electron chi connectivity index (χ4n) is 0.642. The first kappa shape index (κ1) is 21.9. The molecule has 0 aromatic heterocycles. The summed E-state index contributed by atoms with van der Waals surface area (Å²) in [6.07, 6.45) is 0. The summed E-state index contributed by atoms with van der Waals surface area (Å²) >= 11 is 1.00. The third-order valence-electron chi connectivity index (χ3n) is 1.11. The van der Waals surface area contributed by atoms with Gasteiger partial charge < -0.3 is 0 Å². The van der Waals surface area contributed by atoms with Crippen molar-refractivity contribution in [3.8, 4) is 0 Å². The van der Waals surface area contributed by atoms with Crippen molar-refractivity contribution in [1.29, 1.82) is 0 Å². The molecule has 0 saturated carbocycles. The van der Waals surface area contributed by atoms with Crippen molar-refractivity contribution in [1.82, 2.24) is 0 Å². The largest absolute Gasteiger partial charge is 0.214 e. The molecule has 0 radical (unpaired) electrons. The van der Waals surface area contributed by atoms with E-state index in [2.05, 4.69) is 0 Å². The molecule has 0 atom stereocenters. The van der Waals surface area contributed by atoms with E-state index in [1.165, 1.54) is 0 Å². The normalized spacial score (nSPS) is 6.27. The third-order valence-corrected chi connectivity index (χ3v) is 1.11. The van der Waals surface area contributed by atoms with E-state index in [1.807, 2.05) is 60.7 Å². The Morgan fingerprint density at radius 2 is 0.800 bits per heavy atom. The average Bonchev–Trinajstić information content (AvgIpc) is 3.01. The van der Waals surface area contributed by atoms with Gasteiger partial charge in [-0.05, 0) is 0 Å². The van der Waals surface area contributed by atoms with Crippen LogP contribution in [-0.4, -0.2) is 0 Å². The molecule has 0 unspecified atom stereocenters. The van der Waals surface area contributed by atoms with Crippen LogP contribution in [0.5, 0.6) is 0 Å². The molecule has 0 spiro atoms. The Morgan fingerprint density at radius 1 is 0.600 bits per heavy atom. The molecule has 0 N–H and O–H groups in total. The van der Waals surface area contributed by atoms with E-state index in [-0.39, 0.29) is 17.1 Å². The molecule has 0 bridgehead atoms. The molecule has 2 aromatic carbocycles. The second kappa shape index (κ2) is 24.8. The summed E-state index contributed by atoms with van der Waals surface area (Å²) in [5.74, 6) is 0. The summed E-state index contributed by atoms with van der Waals surface area (Å²) in [5, 5.41) is 0. The van der Waals surface area contributed by atoms with E-state index < -0.39 is 0 Å². The number of hydrogen-bond acceptors (Lipinski definition) is 0. The standard InChI is InChI=1S/2C5H5.2ClH.Fe.2Hg/c2*1-2-4-5-3-1;;;;;/h2*1-5H;2*1H;;;/q2*-1;;;;2*+1/p-2. The van der Waals surface area contributed by atoms with Crippen LogP contribution in [0, 0.1) is 0 Å². The number of halogens is 2. The maximum absolute atomic E-state index is 4.83. The molecule has 2 rings (SSSR count). The van der Waals surface area contributed by atoms with E-state index >= 15 is 0 Å². The fraction of sp³-hybridized carbons (Fsp3) is 0. The first-order valence-electron chi connectivity index (χ1n) is 3.87. The summed E-state index contributed by atoms with van der Waals surface area (Å²) in [4.78, 5) is 0. The van der Waals surface area contributed by atoms with Crippen LogP contribution in [-0.2, 0) is 66.8 Å². The zero-order valence-electron chi connectivity index (χ0n) is 8.30. The van der Waals surface area contributed by atoms with Crippen LogP contribution < -0.4 is 0 Å². The van der Waals surface area contributed by atoms with Crippen LogP contribution in [0.2, 0.25) is 0 Å². The van der Waals surface area contributed by atoms with Crippen molar-refractivity contribution in [2.24, 2.45) is 0 Å². The minimum atomic E-state index is 0. The van der Waals surface area contributed by atoms with E-state index in [0.717, 1.165) is 0 Å². The molecule has 0 aliphatic heterocycles. The summed E-state index contributed by atoms with van der Waals surface area (Å²) in [5.41, 5.74) is 0. The monoisotopic (exact) mass is 660 g/mol. The van der Waals surface area contributed by atoms with Crippen molar-refractivity contribution in [2.45, 2.75) is 0 Å². The van der Waals surface area contributed by atoms with Crippen molar-refractivity contribution in [3.63, 3.8) is 0 Å². The van der Waals surface area contributed by atoms with Crippen LogP contribution >= 0.6 is 16.5 Å². The predicted molar refractivity (Wildman–Crippen MR) is 55.8 cm³/mol. The molecular formula is C10H10Cl2FeHg2-2. The maximum Gasteiger partial charge on any atom is 0 e. The van der Waals surface area contributed by atoms with E-state index in [4.69, 9.17) is 16.5 Å². The zero-order chi connectivity index (χ0) is 11.1. The molecule has 5 heteroatoms. The zero-order valence-corrected chi connectivity index (χ0v) is 21.9. The van der Waals surface area contributed by atoms with Crippen LogP contribution in [0.25, 0.3) is 0 Å². The van der Waals surface area contributed by atoms with Gasteiger partial charge in [0.25, 0.3) is 0 Å². The summed E-state index contributed by atoms with van der Waals surface area (Å²) in [6, 6.07) is 20.0. The van der Waals surface area contributed by atoms with Gasteiger partial charge in [-0.3, -0.25) is 0 Å². The SMILES string of the molecule is [Cl][Hg].[Cl][Hg].[Fe].c1cc[cH-]c1.c1cc[cH-]c1. The van der Waals surface area contributed by atoms with Crippen LogP contribution in [0.4, 0.5) is 0 Å². The summed E-state index contributed by atoms with van der Waals surface area (Å²) in [7, 11) is 9.67. The Bertz CT molecular complexity index is 161. The molecule has 2 aromatic rings. The van der Waals surface area contributed by atoms with Gasteiger partial charge in [-0.25, -0.2) is 24.3 Å². The number of rotatable bonds is 0. The van der Waals surface area contributed by atoms with Gasteiger partial charge in [-0.2, -0.15) is 36.4 Å². The minimum absolute atomic E-state index is 0. The molecule has 0 aliphatic carbocycles. The third kappa shape index (κ3) is 21.5. The molecule has 0 heterocycles. The summed E-state index contributed by atoms with van der Waals surface area (Å²) in [6.45, 7) is 0. The topological polar surface area (TPSA) is 0 Å². The minimum Gasteiger partial charge on any atom is -0.214 e.